The van der Waals surface area contributed by atoms with Gasteiger partial charge in [0, 0.05) is 6.20 Å². The second kappa shape index (κ2) is 4.11. The molecule has 14 heavy (non-hydrogen) atoms. The fourth-order valence-electron chi connectivity index (χ4n) is 1.43. The highest BCUT2D eigenvalue weighted by Gasteiger charge is 2.01. The second-order valence-corrected chi connectivity index (χ2v) is 3.97. The van der Waals surface area contributed by atoms with E-state index in [-0.39, 0.29) is 0 Å². The summed E-state index contributed by atoms with van der Waals surface area (Å²) in [4.78, 5) is 4.18. The summed E-state index contributed by atoms with van der Waals surface area (Å²) in [6.45, 7) is 1.00. The van der Waals surface area contributed by atoms with E-state index in [1.165, 1.54) is 5.56 Å². The van der Waals surface area contributed by atoms with Crippen molar-refractivity contribution in [2.45, 2.75) is 6.42 Å². The van der Waals surface area contributed by atoms with Gasteiger partial charge in [0.25, 0.3) is 0 Å². The average molecular weight is 254 g/mol. The van der Waals surface area contributed by atoms with Crippen LogP contribution in [-0.2, 0) is 6.42 Å². The lowest BCUT2D eigenvalue weighted by Crippen LogP contribution is -2.10. The fraction of sp³-hybridized carbons (Fsp3) is 0.300. The molecule has 2 heterocycles. The third kappa shape index (κ3) is 1.81. The Morgan fingerprint density at radius 1 is 1.57 bits per heavy atom. The number of hydrogen-bond acceptors (Lipinski definition) is 2. The third-order valence-electron chi connectivity index (χ3n) is 2.22. The number of imidazole rings is 1. The standard InChI is InChI=1S/C10H12BrN3/c1-12-4-2-8-3-5-14-7-13-10(11)9(14)6-8/h3,5-7,12H,2,4H2,1H3. The number of hydrogen-bond donors (Lipinski definition) is 1. The molecule has 0 bridgehead atoms. The largest absolute Gasteiger partial charge is 0.319 e. The van der Waals surface area contributed by atoms with Gasteiger partial charge in [-0.2, -0.15) is 0 Å². The van der Waals surface area contributed by atoms with E-state index in [2.05, 4.69) is 38.4 Å². The molecule has 74 valence electrons. The predicted octanol–water partition coefficient (Wildman–Crippen LogP) is 1.86. The minimum absolute atomic E-state index is 0.906. The Bertz CT molecular complexity index is 436. The van der Waals surface area contributed by atoms with Crippen molar-refractivity contribution in [2.24, 2.45) is 0 Å². The lowest BCUT2D eigenvalue weighted by atomic mass is 10.2. The minimum atomic E-state index is 0.906. The van der Waals surface area contributed by atoms with Crippen molar-refractivity contribution in [3.8, 4) is 0 Å². The lowest BCUT2D eigenvalue weighted by molar-refractivity contribution is 0.791. The summed E-state index contributed by atoms with van der Waals surface area (Å²) < 4.78 is 2.91. The summed E-state index contributed by atoms with van der Waals surface area (Å²) in [5, 5.41) is 3.14. The van der Waals surface area contributed by atoms with Crippen molar-refractivity contribution in [1.82, 2.24) is 14.7 Å². The maximum absolute atomic E-state index is 4.18. The Labute approximate surface area is 91.3 Å². The molecule has 0 aliphatic carbocycles. The van der Waals surface area contributed by atoms with Gasteiger partial charge in [0.1, 0.15) is 10.9 Å². The number of pyridine rings is 1. The van der Waals surface area contributed by atoms with E-state index >= 15 is 0 Å². The van der Waals surface area contributed by atoms with Gasteiger partial charge in [0.05, 0.1) is 5.52 Å². The van der Waals surface area contributed by atoms with Crippen LogP contribution in [0.1, 0.15) is 5.56 Å². The van der Waals surface area contributed by atoms with Crippen molar-refractivity contribution in [3.63, 3.8) is 0 Å². The molecule has 3 nitrogen and oxygen atoms in total. The van der Waals surface area contributed by atoms with Gasteiger partial charge in [-0.1, -0.05) is 0 Å². The van der Waals surface area contributed by atoms with E-state index < -0.39 is 0 Å². The molecule has 0 saturated carbocycles. The molecular formula is C10H12BrN3. The van der Waals surface area contributed by atoms with E-state index in [1.807, 2.05) is 17.6 Å². The highest BCUT2D eigenvalue weighted by Crippen LogP contribution is 2.17. The van der Waals surface area contributed by atoms with Crippen LogP contribution in [0.2, 0.25) is 0 Å². The number of fused-ring (bicyclic) bond motifs is 1. The first-order valence-electron chi connectivity index (χ1n) is 4.57. The van der Waals surface area contributed by atoms with Crippen LogP contribution < -0.4 is 5.32 Å². The molecule has 0 radical (unpaired) electrons. The molecular weight excluding hydrogens is 242 g/mol. The van der Waals surface area contributed by atoms with E-state index in [0.29, 0.717) is 0 Å². The first kappa shape index (κ1) is 9.68. The maximum Gasteiger partial charge on any atom is 0.131 e. The molecule has 2 aromatic heterocycles. The minimum Gasteiger partial charge on any atom is -0.319 e. The summed E-state index contributed by atoms with van der Waals surface area (Å²) in [7, 11) is 1.97. The summed E-state index contributed by atoms with van der Waals surface area (Å²) in [6, 6.07) is 4.28. The van der Waals surface area contributed by atoms with Crippen LogP contribution in [0.5, 0.6) is 0 Å². The lowest BCUT2D eigenvalue weighted by Gasteiger charge is -2.01. The van der Waals surface area contributed by atoms with Crippen LogP contribution in [0.25, 0.3) is 5.52 Å². The van der Waals surface area contributed by atoms with Gasteiger partial charge in [0.2, 0.25) is 0 Å². The molecule has 0 saturated heterocycles. The molecule has 0 aliphatic heterocycles. The molecule has 1 N–H and O–H groups in total. The Balaban J connectivity index is 2.34. The van der Waals surface area contributed by atoms with Gasteiger partial charge in [-0.15, -0.1) is 0 Å². The van der Waals surface area contributed by atoms with Crippen LogP contribution >= 0.6 is 15.9 Å². The summed E-state index contributed by atoms with van der Waals surface area (Å²) >= 11 is 3.42. The fourth-order valence-corrected chi connectivity index (χ4v) is 1.84. The van der Waals surface area contributed by atoms with Gasteiger partial charge >= 0.3 is 0 Å². The van der Waals surface area contributed by atoms with Crippen molar-refractivity contribution in [3.05, 3.63) is 34.8 Å². The SMILES string of the molecule is CNCCc1ccn2cnc(Br)c2c1. The molecule has 4 heteroatoms. The van der Waals surface area contributed by atoms with E-state index in [1.54, 1.807) is 6.33 Å². The zero-order valence-corrected chi connectivity index (χ0v) is 9.58. The molecule has 0 fully saturated rings. The van der Waals surface area contributed by atoms with Crippen LogP contribution in [0.15, 0.2) is 29.3 Å². The number of aromatic nitrogens is 2. The van der Waals surface area contributed by atoms with Gasteiger partial charge in [-0.25, -0.2) is 4.98 Å². The Kier molecular flexibility index (Phi) is 2.84. The third-order valence-corrected chi connectivity index (χ3v) is 2.83. The summed E-state index contributed by atoms with van der Waals surface area (Å²) in [6.07, 6.45) is 4.89. The topological polar surface area (TPSA) is 29.3 Å². The van der Waals surface area contributed by atoms with Crippen LogP contribution in [0.4, 0.5) is 0 Å². The summed E-state index contributed by atoms with van der Waals surface area (Å²) in [5.74, 6) is 0. The number of nitrogens with zero attached hydrogens (tertiary/aromatic N) is 2. The van der Waals surface area contributed by atoms with Gasteiger partial charge < -0.3 is 9.72 Å². The van der Waals surface area contributed by atoms with Gasteiger partial charge in [-0.3, -0.25) is 0 Å². The predicted molar refractivity (Wildman–Crippen MR) is 60.5 cm³/mol. The molecule has 0 aliphatic rings. The van der Waals surface area contributed by atoms with Gasteiger partial charge in [-0.05, 0) is 53.6 Å². The summed E-state index contributed by atoms with van der Waals surface area (Å²) in [5.41, 5.74) is 2.45. The monoisotopic (exact) mass is 253 g/mol. The number of rotatable bonds is 3. The number of likely N-dealkylation sites (N-methyl/N-ethyl adjacent to an activating group) is 1. The molecule has 0 atom stereocenters. The highest BCUT2D eigenvalue weighted by atomic mass is 79.9. The Morgan fingerprint density at radius 2 is 2.43 bits per heavy atom. The normalized spacial score (nSPS) is 11.0. The maximum atomic E-state index is 4.18. The average Bonchev–Trinajstić information content (AvgIpc) is 2.57. The van der Waals surface area contributed by atoms with Crippen LogP contribution in [-0.4, -0.2) is 23.0 Å². The first-order chi connectivity index (χ1) is 6.81. The molecule has 2 rings (SSSR count). The smallest absolute Gasteiger partial charge is 0.131 e. The van der Waals surface area contributed by atoms with Crippen LogP contribution in [0, 0.1) is 0 Å². The second-order valence-electron chi connectivity index (χ2n) is 3.22. The van der Waals surface area contributed by atoms with E-state index in [9.17, 15) is 0 Å². The van der Waals surface area contributed by atoms with Gasteiger partial charge in [0.15, 0.2) is 0 Å². The zero-order chi connectivity index (χ0) is 9.97. The molecule has 0 unspecified atom stereocenters. The Hall–Kier alpha value is -0.870. The highest BCUT2D eigenvalue weighted by molar-refractivity contribution is 9.10. The number of halogens is 1. The Morgan fingerprint density at radius 3 is 3.21 bits per heavy atom. The van der Waals surface area contributed by atoms with Crippen molar-refractivity contribution >= 4 is 21.4 Å². The molecule has 0 aromatic carbocycles. The molecule has 2 aromatic rings. The quantitative estimate of drug-likeness (QED) is 0.905. The zero-order valence-electron chi connectivity index (χ0n) is 8.00. The van der Waals surface area contributed by atoms with Crippen LogP contribution in [0.3, 0.4) is 0 Å². The molecule has 0 amide bonds. The van der Waals surface area contributed by atoms with E-state index in [0.717, 1.165) is 23.1 Å². The van der Waals surface area contributed by atoms with Crippen molar-refractivity contribution in [2.75, 3.05) is 13.6 Å². The van der Waals surface area contributed by atoms with Crippen molar-refractivity contribution in [1.29, 1.82) is 0 Å². The number of nitrogens with one attached hydrogen (secondary N) is 1. The molecule has 0 spiro atoms. The van der Waals surface area contributed by atoms with E-state index in [4.69, 9.17) is 0 Å². The first-order valence-corrected chi connectivity index (χ1v) is 5.36. The van der Waals surface area contributed by atoms with Crippen molar-refractivity contribution < 1.29 is 0 Å².